The van der Waals surface area contributed by atoms with Crippen molar-refractivity contribution in [2.45, 2.75) is 13.3 Å². The van der Waals surface area contributed by atoms with Crippen LogP contribution in [0.3, 0.4) is 0 Å². The lowest BCUT2D eigenvalue weighted by Gasteiger charge is -2.27. The van der Waals surface area contributed by atoms with E-state index in [0.717, 1.165) is 12.5 Å². The topological polar surface area (TPSA) is 141 Å². The van der Waals surface area contributed by atoms with Crippen LogP contribution < -0.4 is 34.9 Å². The number of halogens is 1. The molecule has 0 aliphatic heterocycles. The zero-order valence-corrected chi connectivity index (χ0v) is 22.1. The molecule has 37 heavy (non-hydrogen) atoms. The molecule has 4 N–H and O–H groups in total. The zero-order valence-electron chi connectivity index (χ0n) is 21.3. The summed E-state index contributed by atoms with van der Waals surface area (Å²) in [7, 11) is 0.835. The van der Waals surface area contributed by atoms with Gasteiger partial charge in [0.15, 0.2) is 23.1 Å². The van der Waals surface area contributed by atoms with Gasteiger partial charge in [0, 0.05) is 24.4 Å². The smallest absolute Gasteiger partial charge is 0.232 e. The third-order valence-corrected chi connectivity index (χ3v) is 6.54. The van der Waals surface area contributed by atoms with E-state index in [1.165, 1.54) is 25.6 Å². The number of rotatable bonds is 12. The Labute approximate surface area is 215 Å². The average molecular weight is 535 g/mol. The number of sulfonamides is 1. The van der Waals surface area contributed by atoms with Crippen LogP contribution in [0.1, 0.15) is 12.0 Å². The van der Waals surface area contributed by atoms with Crippen molar-refractivity contribution in [3.05, 3.63) is 47.9 Å². The number of aryl methyl sites for hydroxylation is 1. The van der Waals surface area contributed by atoms with Gasteiger partial charge >= 0.3 is 0 Å². The van der Waals surface area contributed by atoms with Gasteiger partial charge in [-0.2, -0.15) is 4.98 Å². The second-order valence-electron chi connectivity index (χ2n) is 8.00. The Morgan fingerprint density at radius 1 is 1.08 bits per heavy atom. The Morgan fingerprint density at radius 2 is 1.76 bits per heavy atom. The number of nitrogens with zero attached hydrogens (tertiary/aromatic N) is 3. The molecule has 0 aliphatic carbocycles. The molecule has 0 radical (unpaired) electrons. The van der Waals surface area contributed by atoms with Gasteiger partial charge in [-0.3, -0.25) is 4.31 Å². The van der Waals surface area contributed by atoms with E-state index in [1.54, 1.807) is 37.3 Å². The molecule has 3 aromatic rings. The van der Waals surface area contributed by atoms with Gasteiger partial charge in [-0.15, -0.1) is 0 Å². The van der Waals surface area contributed by atoms with Gasteiger partial charge in [-0.25, -0.2) is 17.8 Å². The molecule has 0 saturated heterocycles. The molecular weight excluding hydrogens is 503 g/mol. The highest BCUT2D eigenvalue weighted by Gasteiger charge is 2.23. The highest BCUT2D eigenvalue weighted by atomic mass is 32.2. The Balaban J connectivity index is 1.99. The fraction of sp³-hybridized carbons (Fsp3) is 0.333. The molecule has 3 rings (SSSR count). The molecule has 0 saturated carbocycles. The van der Waals surface area contributed by atoms with Gasteiger partial charge in [0.2, 0.25) is 21.7 Å². The molecule has 200 valence electrons. The first-order chi connectivity index (χ1) is 17.6. The summed E-state index contributed by atoms with van der Waals surface area (Å²) in [5, 5.41) is 5.92. The maximum Gasteiger partial charge on any atom is 0.232 e. The van der Waals surface area contributed by atoms with Gasteiger partial charge in [-0.1, -0.05) is 12.1 Å². The van der Waals surface area contributed by atoms with E-state index in [2.05, 4.69) is 20.6 Å². The maximum absolute atomic E-state index is 14.8. The van der Waals surface area contributed by atoms with Crippen LogP contribution >= 0.6 is 0 Å². The SMILES string of the molecule is COc1cc(Nc2ncc(F)c(Nc3cccc(C)c3N(CCCN)S(C)(=O)=O)n2)cc(OC)c1OC. The second-order valence-corrected chi connectivity index (χ2v) is 9.91. The van der Waals surface area contributed by atoms with E-state index in [0.29, 0.717) is 52.8 Å². The summed E-state index contributed by atoms with van der Waals surface area (Å²) in [5.74, 6) is 0.436. The lowest BCUT2D eigenvalue weighted by molar-refractivity contribution is 0.324. The first kappa shape index (κ1) is 27.7. The second kappa shape index (κ2) is 11.9. The third-order valence-electron chi connectivity index (χ3n) is 5.37. The molecule has 0 amide bonds. The van der Waals surface area contributed by atoms with Crippen molar-refractivity contribution in [1.29, 1.82) is 0 Å². The van der Waals surface area contributed by atoms with Gasteiger partial charge in [0.1, 0.15) is 0 Å². The molecule has 0 aliphatic rings. The van der Waals surface area contributed by atoms with Crippen LogP contribution in [-0.4, -0.2) is 59.1 Å². The minimum absolute atomic E-state index is 0.0791. The molecule has 0 spiro atoms. The van der Waals surface area contributed by atoms with Gasteiger partial charge in [0.05, 0.1) is 45.2 Å². The van der Waals surface area contributed by atoms with Crippen LogP contribution in [0.5, 0.6) is 17.2 Å². The first-order valence-electron chi connectivity index (χ1n) is 11.3. The van der Waals surface area contributed by atoms with Crippen LogP contribution in [0.2, 0.25) is 0 Å². The van der Waals surface area contributed by atoms with E-state index in [9.17, 15) is 12.8 Å². The monoisotopic (exact) mass is 534 g/mol. The Kier molecular flexibility index (Phi) is 8.95. The van der Waals surface area contributed by atoms with E-state index in [4.69, 9.17) is 19.9 Å². The molecule has 0 bridgehead atoms. The fourth-order valence-corrected chi connectivity index (χ4v) is 4.73. The molecule has 0 fully saturated rings. The van der Waals surface area contributed by atoms with Crippen molar-refractivity contribution in [2.24, 2.45) is 5.73 Å². The molecule has 0 atom stereocenters. The molecule has 13 heteroatoms. The van der Waals surface area contributed by atoms with Crippen molar-refractivity contribution in [3.8, 4) is 17.2 Å². The van der Waals surface area contributed by atoms with Crippen molar-refractivity contribution < 1.29 is 27.0 Å². The number of nitrogens with two attached hydrogens (primary N) is 1. The maximum atomic E-state index is 14.8. The van der Waals surface area contributed by atoms with Crippen LogP contribution in [0.25, 0.3) is 0 Å². The number of methoxy groups -OCH3 is 3. The highest BCUT2D eigenvalue weighted by Crippen LogP contribution is 2.40. The molecule has 1 heterocycles. The first-order valence-corrected chi connectivity index (χ1v) is 13.1. The minimum Gasteiger partial charge on any atom is -0.493 e. The summed E-state index contributed by atoms with van der Waals surface area (Å²) in [5.41, 5.74) is 7.55. The number of anilines is 5. The van der Waals surface area contributed by atoms with E-state index >= 15 is 0 Å². The standard InChI is InChI=1S/C24H31FN6O5S/c1-15-8-6-9-18(21(15)31(11-7-10-26)37(5,32)33)29-23-17(25)14-27-24(30-23)28-16-12-19(34-2)22(36-4)20(13-16)35-3/h6,8-9,12-14H,7,10-11,26H2,1-5H3,(H2,27,28,29,30). The van der Waals surface area contributed by atoms with Crippen LogP contribution in [-0.2, 0) is 10.0 Å². The number of benzene rings is 2. The zero-order chi connectivity index (χ0) is 27.2. The highest BCUT2D eigenvalue weighted by molar-refractivity contribution is 7.92. The molecule has 0 unspecified atom stereocenters. The van der Waals surface area contributed by atoms with E-state index in [1.807, 2.05) is 0 Å². The minimum atomic E-state index is -3.64. The predicted molar refractivity (Wildman–Crippen MR) is 142 cm³/mol. The lowest BCUT2D eigenvalue weighted by atomic mass is 10.1. The Bertz CT molecular complexity index is 1330. The Hall–Kier alpha value is -3.84. The van der Waals surface area contributed by atoms with Gasteiger partial charge in [0.25, 0.3) is 0 Å². The summed E-state index contributed by atoms with van der Waals surface area (Å²) in [6, 6.07) is 8.47. The van der Waals surface area contributed by atoms with Crippen LogP contribution in [0.15, 0.2) is 36.5 Å². The summed E-state index contributed by atoms with van der Waals surface area (Å²) in [4.78, 5) is 8.28. The third kappa shape index (κ3) is 6.49. The van der Waals surface area contributed by atoms with Crippen molar-refractivity contribution in [3.63, 3.8) is 0 Å². The lowest BCUT2D eigenvalue weighted by Crippen LogP contribution is -2.33. The Morgan fingerprint density at radius 3 is 2.32 bits per heavy atom. The molecular formula is C24H31FN6O5S. The molecule has 1 aromatic heterocycles. The summed E-state index contributed by atoms with van der Waals surface area (Å²) < 4.78 is 57.3. The summed E-state index contributed by atoms with van der Waals surface area (Å²) in [6.45, 7) is 2.27. The average Bonchev–Trinajstić information content (AvgIpc) is 2.86. The summed E-state index contributed by atoms with van der Waals surface area (Å²) in [6.07, 6.45) is 2.57. The number of hydrogen-bond acceptors (Lipinski definition) is 10. The number of ether oxygens (including phenoxy) is 3. The quantitative estimate of drug-likeness (QED) is 0.316. The number of aromatic nitrogens is 2. The van der Waals surface area contributed by atoms with E-state index in [-0.39, 0.29) is 18.3 Å². The summed E-state index contributed by atoms with van der Waals surface area (Å²) >= 11 is 0. The molecule has 2 aromatic carbocycles. The van der Waals surface area contributed by atoms with Crippen LogP contribution in [0.4, 0.5) is 33.2 Å². The normalized spacial score (nSPS) is 11.1. The van der Waals surface area contributed by atoms with Crippen molar-refractivity contribution in [2.75, 3.05) is 55.6 Å². The number of para-hydroxylation sites is 1. The number of nitrogens with one attached hydrogen (secondary N) is 2. The van der Waals surface area contributed by atoms with Gasteiger partial charge < -0.3 is 30.6 Å². The van der Waals surface area contributed by atoms with Crippen molar-refractivity contribution in [1.82, 2.24) is 9.97 Å². The largest absolute Gasteiger partial charge is 0.493 e. The van der Waals surface area contributed by atoms with E-state index < -0.39 is 15.8 Å². The molecule has 11 nitrogen and oxygen atoms in total. The van der Waals surface area contributed by atoms with Gasteiger partial charge in [-0.05, 0) is 31.5 Å². The van der Waals surface area contributed by atoms with Crippen LogP contribution in [0, 0.1) is 12.7 Å². The fourth-order valence-electron chi connectivity index (χ4n) is 3.69. The predicted octanol–water partition coefficient (Wildman–Crippen LogP) is 3.55. The number of hydrogen-bond donors (Lipinski definition) is 3. The van der Waals surface area contributed by atoms with Crippen molar-refractivity contribution >= 4 is 38.9 Å².